The van der Waals surface area contributed by atoms with Crippen LogP contribution in [0.2, 0.25) is 0 Å². The second-order valence-corrected chi connectivity index (χ2v) is 5.26. The average molecular weight is 288 g/mol. The molecular weight excluding hydrogens is 272 g/mol. The minimum absolute atomic E-state index is 0.102. The van der Waals surface area contributed by atoms with Crippen molar-refractivity contribution in [3.8, 4) is 5.75 Å². The van der Waals surface area contributed by atoms with E-state index in [0.29, 0.717) is 5.75 Å². The molecule has 0 aliphatic carbocycles. The highest BCUT2D eigenvalue weighted by Gasteiger charge is 2.13. The van der Waals surface area contributed by atoms with Crippen molar-refractivity contribution in [2.24, 2.45) is 5.14 Å². The van der Waals surface area contributed by atoms with Crippen LogP contribution >= 0.6 is 0 Å². The molecule has 0 unspecified atom stereocenters. The van der Waals surface area contributed by atoms with Crippen molar-refractivity contribution in [3.05, 3.63) is 18.2 Å². The number of benzene rings is 1. The molecule has 0 atom stereocenters. The first-order valence-electron chi connectivity index (χ1n) is 5.38. The third-order valence-electron chi connectivity index (χ3n) is 2.31. The average Bonchev–Trinajstić information content (AvgIpc) is 2.35. The Morgan fingerprint density at radius 2 is 2.05 bits per heavy atom. The third kappa shape index (κ3) is 4.51. The first-order chi connectivity index (χ1) is 8.88. The van der Waals surface area contributed by atoms with Crippen LogP contribution in [0.1, 0.15) is 6.42 Å². The molecule has 0 aliphatic rings. The lowest BCUT2D eigenvalue weighted by molar-refractivity contribution is -0.117. The maximum atomic E-state index is 11.6. The minimum atomic E-state index is -3.83. The molecule has 19 heavy (non-hydrogen) atoms. The van der Waals surface area contributed by atoms with Crippen LogP contribution < -0.4 is 15.2 Å². The first kappa shape index (κ1) is 15.4. The molecule has 0 saturated heterocycles. The fraction of sp³-hybridized carbons (Fsp3) is 0.364. The van der Waals surface area contributed by atoms with E-state index in [2.05, 4.69) is 5.32 Å². The number of carbonyl (C=O) groups excluding carboxylic acids is 1. The molecule has 1 aromatic carbocycles. The van der Waals surface area contributed by atoms with Gasteiger partial charge in [-0.1, -0.05) is 0 Å². The predicted octanol–water partition coefficient (Wildman–Crippen LogP) is 0.318. The number of ether oxygens (including phenoxy) is 2. The van der Waals surface area contributed by atoms with Gasteiger partial charge in [-0.25, -0.2) is 13.6 Å². The van der Waals surface area contributed by atoms with Crippen molar-refractivity contribution >= 4 is 21.6 Å². The normalized spacial score (nSPS) is 11.1. The molecule has 8 heteroatoms. The van der Waals surface area contributed by atoms with Crippen molar-refractivity contribution in [1.82, 2.24) is 0 Å². The number of anilines is 1. The van der Waals surface area contributed by atoms with Gasteiger partial charge in [-0.15, -0.1) is 0 Å². The van der Waals surface area contributed by atoms with Crippen LogP contribution in [-0.2, 0) is 19.6 Å². The van der Waals surface area contributed by atoms with E-state index in [1.54, 1.807) is 0 Å². The summed E-state index contributed by atoms with van der Waals surface area (Å²) >= 11 is 0. The lowest BCUT2D eigenvalue weighted by Crippen LogP contribution is -2.16. The Kier molecular flexibility index (Phi) is 5.28. The Labute approximate surface area is 111 Å². The van der Waals surface area contributed by atoms with Gasteiger partial charge in [0.05, 0.1) is 30.7 Å². The summed E-state index contributed by atoms with van der Waals surface area (Å²) in [6.45, 7) is 0.267. The van der Waals surface area contributed by atoms with Gasteiger partial charge in [0.25, 0.3) is 0 Å². The molecule has 3 N–H and O–H groups in total. The second-order valence-electron chi connectivity index (χ2n) is 3.70. The lowest BCUT2D eigenvalue weighted by Gasteiger charge is -2.11. The molecule has 0 fully saturated rings. The highest BCUT2D eigenvalue weighted by molar-refractivity contribution is 7.89. The molecule has 1 amide bonds. The molecule has 1 rings (SSSR count). The van der Waals surface area contributed by atoms with Gasteiger partial charge in [0, 0.05) is 7.11 Å². The molecule has 0 radical (unpaired) electrons. The van der Waals surface area contributed by atoms with E-state index in [1.165, 1.54) is 32.4 Å². The number of nitrogens with two attached hydrogens (primary N) is 1. The van der Waals surface area contributed by atoms with Crippen molar-refractivity contribution in [2.45, 2.75) is 11.3 Å². The largest absolute Gasteiger partial charge is 0.495 e. The van der Waals surface area contributed by atoms with Crippen molar-refractivity contribution < 1.29 is 22.7 Å². The number of carbonyl (C=O) groups is 1. The quantitative estimate of drug-likeness (QED) is 0.783. The zero-order valence-corrected chi connectivity index (χ0v) is 11.5. The molecule has 0 aromatic heterocycles. The lowest BCUT2D eigenvalue weighted by atomic mass is 10.3. The number of sulfonamides is 1. The highest BCUT2D eigenvalue weighted by atomic mass is 32.2. The SMILES string of the molecule is COCCC(=O)Nc1cc(S(N)(=O)=O)ccc1OC. The zero-order valence-electron chi connectivity index (χ0n) is 10.7. The Hall–Kier alpha value is -1.64. The summed E-state index contributed by atoms with van der Waals surface area (Å²) in [7, 11) is -0.940. The topological polar surface area (TPSA) is 108 Å². The summed E-state index contributed by atoms with van der Waals surface area (Å²) in [5, 5.41) is 7.57. The number of primary sulfonamides is 1. The van der Waals surface area contributed by atoms with E-state index < -0.39 is 10.0 Å². The molecule has 1 aromatic rings. The number of nitrogens with one attached hydrogen (secondary N) is 1. The minimum Gasteiger partial charge on any atom is -0.495 e. The van der Waals surface area contributed by atoms with Gasteiger partial charge in [-0.3, -0.25) is 4.79 Å². The van der Waals surface area contributed by atoms with Crippen molar-refractivity contribution in [1.29, 1.82) is 0 Å². The van der Waals surface area contributed by atoms with Gasteiger partial charge in [0.2, 0.25) is 15.9 Å². The zero-order chi connectivity index (χ0) is 14.5. The molecular formula is C11H16N2O5S. The Morgan fingerprint density at radius 3 is 2.58 bits per heavy atom. The fourth-order valence-corrected chi connectivity index (χ4v) is 1.91. The second kappa shape index (κ2) is 6.50. The molecule has 0 aliphatic heterocycles. The van der Waals surface area contributed by atoms with Gasteiger partial charge in [0.1, 0.15) is 5.75 Å². The summed E-state index contributed by atoms with van der Waals surface area (Å²) in [4.78, 5) is 11.5. The standard InChI is InChI=1S/C11H16N2O5S/c1-17-6-5-11(14)13-9-7-8(19(12,15)16)3-4-10(9)18-2/h3-4,7H,5-6H2,1-2H3,(H,13,14)(H2,12,15,16). The van der Waals surface area contributed by atoms with Gasteiger partial charge in [-0.05, 0) is 18.2 Å². The maximum Gasteiger partial charge on any atom is 0.238 e. The molecule has 7 nitrogen and oxygen atoms in total. The van der Waals surface area contributed by atoms with E-state index in [9.17, 15) is 13.2 Å². The Bertz CT molecular complexity index is 556. The van der Waals surface area contributed by atoms with E-state index in [1.807, 2.05) is 0 Å². The predicted molar refractivity (Wildman–Crippen MR) is 69.5 cm³/mol. The molecule has 0 spiro atoms. The first-order valence-corrected chi connectivity index (χ1v) is 6.92. The fourth-order valence-electron chi connectivity index (χ4n) is 1.37. The van der Waals surface area contributed by atoms with Gasteiger partial charge in [0.15, 0.2) is 0 Å². The number of hydrogen-bond donors (Lipinski definition) is 2. The molecule has 0 heterocycles. The summed E-state index contributed by atoms with van der Waals surface area (Å²) in [6, 6.07) is 3.98. The van der Waals surface area contributed by atoms with Crippen LogP contribution in [0.4, 0.5) is 5.69 Å². The van der Waals surface area contributed by atoms with Crippen LogP contribution in [0.25, 0.3) is 0 Å². The third-order valence-corrected chi connectivity index (χ3v) is 3.22. The summed E-state index contributed by atoms with van der Waals surface area (Å²) in [5.41, 5.74) is 0.245. The number of rotatable bonds is 6. The number of hydrogen-bond acceptors (Lipinski definition) is 5. The summed E-state index contributed by atoms with van der Waals surface area (Å²) in [6.07, 6.45) is 0.152. The van der Waals surface area contributed by atoms with Crippen LogP contribution in [0, 0.1) is 0 Å². The number of methoxy groups -OCH3 is 2. The van der Waals surface area contributed by atoms with Crippen LogP contribution in [0.3, 0.4) is 0 Å². The highest BCUT2D eigenvalue weighted by Crippen LogP contribution is 2.27. The monoisotopic (exact) mass is 288 g/mol. The maximum absolute atomic E-state index is 11.6. The molecule has 0 saturated carbocycles. The smallest absolute Gasteiger partial charge is 0.238 e. The summed E-state index contributed by atoms with van der Waals surface area (Å²) in [5.74, 6) is 0.0323. The van der Waals surface area contributed by atoms with Crippen molar-refractivity contribution in [3.63, 3.8) is 0 Å². The Morgan fingerprint density at radius 1 is 1.37 bits per heavy atom. The van der Waals surface area contributed by atoms with Gasteiger partial charge < -0.3 is 14.8 Å². The summed E-state index contributed by atoms with van der Waals surface area (Å²) < 4.78 is 32.3. The molecule has 0 bridgehead atoms. The Balaban J connectivity index is 3.00. The van der Waals surface area contributed by atoms with Crippen LogP contribution in [-0.4, -0.2) is 35.2 Å². The number of amides is 1. The van der Waals surface area contributed by atoms with E-state index in [-0.39, 0.29) is 29.5 Å². The van der Waals surface area contributed by atoms with E-state index >= 15 is 0 Å². The molecule has 106 valence electrons. The van der Waals surface area contributed by atoms with Crippen LogP contribution in [0.5, 0.6) is 5.75 Å². The van der Waals surface area contributed by atoms with E-state index in [4.69, 9.17) is 14.6 Å². The van der Waals surface area contributed by atoms with E-state index in [0.717, 1.165) is 0 Å². The van der Waals surface area contributed by atoms with Crippen molar-refractivity contribution in [2.75, 3.05) is 26.1 Å². The van der Waals surface area contributed by atoms with Gasteiger partial charge >= 0.3 is 0 Å². The van der Waals surface area contributed by atoms with Gasteiger partial charge in [-0.2, -0.15) is 0 Å². The van der Waals surface area contributed by atoms with Crippen LogP contribution in [0.15, 0.2) is 23.1 Å².